The molecule has 2 unspecified atom stereocenters. The Labute approximate surface area is 151 Å². The number of amides is 2. The van der Waals surface area contributed by atoms with E-state index in [1.54, 1.807) is 0 Å². The van der Waals surface area contributed by atoms with Crippen LogP contribution in [0.25, 0.3) is 0 Å². The monoisotopic (exact) mass is 342 g/mol. The largest absolute Gasteiger partial charge is 0.336 e. The summed E-state index contributed by atoms with van der Waals surface area (Å²) in [5.74, 6) is 0.454. The first-order chi connectivity index (χ1) is 11.8. The van der Waals surface area contributed by atoms with Crippen LogP contribution in [-0.2, 0) is 9.59 Å². The molecule has 3 rings (SSSR count). The Morgan fingerprint density at radius 1 is 1.20 bits per heavy atom. The van der Waals surface area contributed by atoms with Crippen molar-refractivity contribution < 1.29 is 9.59 Å². The van der Waals surface area contributed by atoms with Crippen molar-refractivity contribution in [2.75, 3.05) is 11.4 Å². The van der Waals surface area contributed by atoms with Gasteiger partial charge in [-0.1, -0.05) is 26.0 Å². The number of nitrogens with zero attached hydrogens (tertiary/aromatic N) is 2. The van der Waals surface area contributed by atoms with E-state index in [4.69, 9.17) is 0 Å². The summed E-state index contributed by atoms with van der Waals surface area (Å²) in [6, 6.07) is 6.64. The normalized spacial score (nSPS) is 21.8. The minimum Gasteiger partial charge on any atom is -0.336 e. The molecule has 25 heavy (non-hydrogen) atoms. The lowest BCUT2D eigenvalue weighted by Crippen LogP contribution is -2.46. The first-order valence-electron chi connectivity index (χ1n) is 9.50. The Morgan fingerprint density at radius 3 is 2.48 bits per heavy atom. The molecule has 2 fully saturated rings. The molecule has 2 atom stereocenters. The van der Waals surface area contributed by atoms with Crippen molar-refractivity contribution in [2.45, 2.75) is 66.0 Å². The third-order valence-electron chi connectivity index (χ3n) is 5.94. The molecular formula is C21H30N2O2. The minimum absolute atomic E-state index is 0.0694. The zero-order valence-electron chi connectivity index (χ0n) is 16.1. The number of hydrogen-bond donors (Lipinski definition) is 0. The van der Waals surface area contributed by atoms with E-state index in [-0.39, 0.29) is 23.8 Å². The van der Waals surface area contributed by atoms with Gasteiger partial charge in [-0.25, -0.2) is 0 Å². The summed E-state index contributed by atoms with van der Waals surface area (Å²) in [6.07, 6.45) is 2.54. The number of aryl methyl sites for hydroxylation is 1. The Kier molecular flexibility index (Phi) is 4.90. The number of rotatable bonds is 5. The van der Waals surface area contributed by atoms with Crippen LogP contribution in [0.15, 0.2) is 18.2 Å². The van der Waals surface area contributed by atoms with Gasteiger partial charge in [0.25, 0.3) is 0 Å². The van der Waals surface area contributed by atoms with Gasteiger partial charge in [-0.15, -0.1) is 0 Å². The van der Waals surface area contributed by atoms with Gasteiger partial charge in [-0.2, -0.15) is 0 Å². The van der Waals surface area contributed by atoms with Crippen LogP contribution >= 0.6 is 0 Å². The third-order valence-corrected chi connectivity index (χ3v) is 5.94. The Bertz CT molecular complexity index is 678. The molecule has 0 aromatic heterocycles. The summed E-state index contributed by atoms with van der Waals surface area (Å²) in [6.45, 7) is 11.1. The molecule has 1 saturated carbocycles. The first-order valence-corrected chi connectivity index (χ1v) is 9.50. The first kappa shape index (κ1) is 18.0. The van der Waals surface area contributed by atoms with E-state index < -0.39 is 0 Å². The van der Waals surface area contributed by atoms with Crippen LogP contribution in [0.5, 0.6) is 0 Å². The molecule has 4 nitrogen and oxygen atoms in total. The molecule has 1 aliphatic heterocycles. The van der Waals surface area contributed by atoms with Crippen LogP contribution in [0.3, 0.4) is 0 Å². The lowest BCUT2D eigenvalue weighted by molar-refractivity contribution is -0.139. The third kappa shape index (κ3) is 3.44. The topological polar surface area (TPSA) is 40.6 Å². The van der Waals surface area contributed by atoms with Crippen LogP contribution in [0.4, 0.5) is 5.69 Å². The average Bonchev–Trinajstić information content (AvgIpc) is 3.32. The van der Waals surface area contributed by atoms with Gasteiger partial charge in [-0.3, -0.25) is 9.59 Å². The van der Waals surface area contributed by atoms with Gasteiger partial charge in [0.1, 0.15) is 0 Å². The molecule has 136 valence electrons. The Hall–Kier alpha value is -1.84. The van der Waals surface area contributed by atoms with Crippen molar-refractivity contribution in [1.29, 1.82) is 0 Å². The van der Waals surface area contributed by atoms with Crippen LogP contribution in [0, 0.1) is 25.7 Å². The van der Waals surface area contributed by atoms with E-state index in [9.17, 15) is 9.59 Å². The van der Waals surface area contributed by atoms with E-state index in [1.807, 2.05) is 24.0 Å². The molecule has 0 spiro atoms. The van der Waals surface area contributed by atoms with Crippen molar-refractivity contribution >= 4 is 17.5 Å². The van der Waals surface area contributed by atoms with E-state index in [0.717, 1.165) is 24.1 Å². The predicted octanol–water partition coefficient (Wildman–Crippen LogP) is 3.69. The number of carbonyl (C=O) groups excluding carboxylic acids is 2. The maximum atomic E-state index is 13.2. The van der Waals surface area contributed by atoms with E-state index in [2.05, 4.69) is 38.7 Å². The highest BCUT2D eigenvalue weighted by atomic mass is 16.2. The fourth-order valence-corrected chi connectivity index (χ4v) is 3.73. The smallest absolute Gasteiger partial charge is 0.228 e. The number of hydrogen-bond acceptors (Lipinski definition) is 2. The Morgan fingerprint density at radius 2 is 1.88 bits per heavy atom. The van der Waals surface area contributed by atoms with Crippen molar-refractivity contribution in [3.8, 4) is 0 Å². The standard InChI is InChI=1S/C21H30N2O2/c1-13(2)16(5)23(18-9-10-18)21(25)17-11-20(24)22(12-17)19-8-6-7-14(3)15(19)4/h6-8,13,16-18H,9-12H2,1-5H3. The molecule has 1 aromatic rings. The van der Waals surface area contributed by atoms with Gasteiger partial charge in [0.05, 0.1) is 5.92 Å². The summed E-state index contributed by atoms with van der Waals surface area (Å²) in [7, 11) is 0. The van der Waals surface area contributed by atoms with Crippen molar-refractivity contribution in [2.24, 2.45) is 11.8 Å². The van der Waals surface area contributed by atoms with E-state index in [1.165, 1.54) is 5.56 Å². The summed E-state index contributed by atoms with van der Waals surface area (Å²) >= 11 is 0. The zero-order chi connectivity index (χ0) is 18.3. The second kappa shape index (κ2) is 6.81. The number of carbonyl (C=O) groups is 2. The van der Waals surface area contributed by atoms with Crippen LogP contribution < -0.4 is 4.90 Å². The van der Waals surface area contributed by atoms with Gasteiger partial charge >= 0.3 is 0 Å². The lowest BCUT2D eigenvalue weighted by Gasteiger charge is -2.34. The molecule has 1 heterocycles. The van der Waals surface area contributed by atoms with Gasteiger partial charge in [0.2, 0.25) is 11.8 Å². The quantitative estimate of drug-likeness (QED) is 0.819. The van der Waals surface area contributed by atoms with Crippen LogP contribution in [0.2, 0.25) is 0 Å². The van der Waals surface area contributed by atoms with Crippen LogP contribution in [0.1, 0.15) is 51.2 Å². The highest BCUT2D eigenvalue weighted by Crippen LogP contribution is 2.35. The van der Waals surface area contributed by atoms with Gasteiger partial charge in [0, 0.05) is 30.7 Å². The fraction of sp³-hybridized carbons (Fsp3) is 0.619. The predicted molar refractivity (Wildman–Crippen MR) is 101 cm³/mol. The molecule has 1 aliphatic carbocycles. The summed E-state index contributed by atoms with van der Waals surface area (Å²) in [4.78, 5) is 29.7. The summed E-state index contributed by atoms with van der Waals surface area (Å²) < 4.78 is 0. The molecular weight excluding hydrogens is 312 g/mol. The highest BCUT2D eigenvalue weighted by molar-refractivity contribution is 6.01. The molecule has 1 aromatic carbocycles. The molecule has 0 bridgehead atoms. The molecule has 4 heteroatoms. The van der Waals surface area contributed by atoms with Gasteiger partial charge in [-0.05, 0) is 56.7 Å². The second-order valence-corrected chi connectivity index (χ2v) is 8.09. The average molecular weight is 342 g/mol. The fourth-order valence-electron chi connectivity index (χ4n) is 3.73. The molecule has 2 aliphatic rings. The maximum Gasteiger partial charge on any atom is 0.228 e. The van der Waals surface area contributed by atoms with E-state index in [0.29, 0.717) is 24.9 Å². The highest BCUT2D eigenvalue weighted by Gasteiger charge is 2.43. The molecule has 0 N–H and O–H groups in total. The van der Waals surface area contributed by atoms with Gasteiger partial charge in [0.15, 0.2) is 0 Å². The summed E-state index contributed by atoms with van der Waals surface area (Å²) in [5.41, 5.74) is 3.25. The van der Waals surface area contributed by atoms with E-state index >= 15 is 0 Å². The van der Waals surface area contributed by atoms with Crippen LogP contribution in [-0.4, -0.2) is 35.3 Å². The zero-order valence-corrected chi connectivity index (χ0v) is 16.1. The Balaban J connectivity index is 1.79. The molecule has 0 radical (unpaired) electrons. The maximum absolute atomic E-state index is 13.2. The van der Waals surface area contributed by atoms with Crippen molar-refractivity contribution in [1.82, 2.24) is 4.90 Å². The van der Waals surface area contributed by atoms with Crippen molar-refractivity contribution in [3.05, 3.63) is 29.3 Å². The molecule has 2 amide bonds. The summed E-state index contributed by atoms with van der Waals surface area (Å²) in [5, 5.41) is 0. The SMILES string of the molecule is Cc1cccc(N2CC(C(=O)N(C3CC3)C(C)C(C)C)CC2=O)c1C. The van der Waals surface area contributed by atoms with Gasteiger partial charge < -0.3 is 9.80 Å². The van der Waals surface area contributed by atoms with Crippen molar-refractivity contribution in [3.63, 3.8) is 0 Å². The lowest BCUT2D eigenvalue weighted by atomic mass is 10.0. The number of benzene rings is 1. The minimum atomic E-state index is -0.214. The molecule has 1 saturated heterocycles. The second-order valence-electron chi connectivity index (χ2n) is 8.09. The number of anilines is 1.